The maximum atomic E-state index is 12.4. The van der Waals surface area contributed by atoms with Crippen LogP contribution in [0, 0.1) is 0 Å². The van der Waals surface area contributed by atoms with Gasteiger partial charge in [-0.15, -0.1) is 0 Å². The van der Waals surface area contributed by atoms with Crippen molar-refractivity contribution in [2.75, 3.05) is 24.3 Å². The molecule has 0 aromatic heterocycles. The molecule has 2 N–H and O–H groups in total. The number of nitrogens with zero attached hydrogens (tertiary/aromatic N) is 2. The van der Waals surface area contributed by atoms with Crippen molar-refractivity contribution in [3.63, 3.8) is 0 Å². The van der Waals surface area contributed by atoms with Crippen molar-refractivity contribution in [3.05, 3.63) is 18.2 Å². The third kappa shape index (κ3) is 2.83. The normalized spacial score (nSPS) is 22.5. The lowest BCUT2D eigenvalue weighted by molar-refractivity contribution is 0.591. The molecule has 0 unspecified atom stereocenters. The van der Waals surface area contributed by atoms with Gasteiger partial charge in [0.1, 0.15) is 4.90 Å². The van der Waals surface area contributed by atoms with E-state index in [2.05, 4.69) is 15.0 Å². The van der Waals surface area contributed by atoms with Crippen LogP contribution in [-0.2, 0) is 10.0 Å². The number of anilines is 2. The molecule has 0 bridgehead atoms. The molecule has 1 heterocycles. The third-order valence-corrected chi connectivity index (χ3v) is 5.27. The molecule has 3 rings (SSSR count). The molecule has 0 spiro atoms. The first-order valence-corrected chi connectivity index (χ1v) is 8.63. The average Bonchev–Trinajstić information content (AvgIpc) is 2.90. The highest BCUT2D eigenvalue weighted by atomic mass is 32.2. The molecule has 1 aliphatic heterocycles. The van der Waals surface area contributed by atoms with Gasteiger partial charge < -0.3 is 10.2 Å². The first kappa shape index (κ1) is 14.2. The summed E-state index contributed by atoms with van der Waals surface area (Å²) in [6.07, 6.45) is 4.38. The summed E-state index contributed by atoms with van der Waals surface area (Å²) in [5.74, 6) is 0.340. The summed E-state index contributed by atoms with van der Waals surface area (Å²) in [4.78, 5) is 6.63. The summed E-state index contributed by atoms with van der Waals surface area (Å²) in [5, 5.41) is 3.09. The van der Waals surface area contributed by atoms with Gasteiger partial charge in [0.25, 0.3) is 10.0 Å². The van der Waals surface area contributed by atoms with E-state index in [0.29, 0.717) is 11.6 Å². The Hall–Kier alpha value is -1.76. The van der Waals surface area contributed by atoms with Crippen LogP contribution in [-0.4, -0.2) is 34.5 Å². The van der Waals surface area contributed by atoms with Gasteiger partial charge in [0, 0.05) is 19.8 Å². The lowest BCUT2D eigenvalue weighted by atomic mass is 10.2. The van der Waals surface area contributed by atoms with E-state index in [4.69, 9.17) is 0 Å². The van der Waals surface area contributed by atoms with E-state index in [-0.39, 0.29) is 10.9 Å². The fourth-order valence-corrected chi connectivity index (χ4v) is 3.88. The predicted molar refractivity (Wildman–Crippen MR) is 84.4 cm³/mol. The highest BCUT2D eigenvalue weighted by molar-refractivity contribution is 7.90. The number of hydrogen-bond donors (Lipinski definition) is 2. The maximum Gasteiger partial charge on any atom is 0.266 e. The van der Waals surface area contributed by atoms with Crippen molar-refractivity contribution >= 4 is 27.4 Å². The average molecular weight is 308 g/mol. The third-order valence-electron chi connectivity index (χ3n) is 3.89. The van der Waals surface area contributed by atoms with Gasteiger partial charge in [-0.3, -0.25) is 0 Å². The van der Waals surface area contributed by atoms with Gasteiger partial charge in [-0.1, -0.05) is 12.8 Å². The number of rotatable bonds is 2. The highest BCUT2D eigenvalue weighted by Gasteiger charge is 2.28. The first-order chi connectivity index (χ1) is 9.95. The Morgan fingerprint density at radius 1 is 1.24 bits per heavy atom. The summed E-state index contributed by atoms with van der Waals surface area (Å²) in [7, 11) is 0.201. The van der Waals surface area contributed by atoms with Crippen molar-refractivity contribution in [1.82, 2.24) is 4.72 Å². The molecule has 1 aromatic rings. The Morgan fingerprint density at radius 3 is 2.62 bits per heavy atom. The van der Waals surface area contributed by atoms with E-state index in [1.807, 2.05) is 25.1 Å². The molecule has 6 nitrogen and oxygen atoms in total. The lowest BCUT2D eigenvalue weighted by Crippen LogP contribution is -2.41. The van der Waals surface area contributed by atoms with E-state index in [0.717, 1.165) is 31.4 Å². The summed E-state index contributed by atoms with van der Waals surface area (Å²) >= 11 is 0. The molecule has 1 aromatic carbocycles. The molecule has 7 heteroatoms. The van der Waals surface area contributed by atoms with Crippen LogP contribution >= 0.6 is 0 Å². The van der Waals surface area contributed by atoms with Crippen LogP contribution in [0.5, 0.6) is 0 Å². The zero-order chi connectivity index (χ0) is 15.0. The minimum absolute atomic E-state index is 0.220. The van der Waals surface area contributed by atoms with E-state index in [1.54, 1.807) is 12.1 Å². The van der Waals surface area contributed by atoms with Gasteiger partial charge in [-0.2, -0.15) is 0 Å². The molecule has 0 amide bonds. The summed E-state index contributed by atoms with van der Waals surface area (Å²) in [5.41, 5.74) is 1.42. The Balaban J connectivity index is 1.95. The van der Waals surface area contributed by atoms with Crippen molar-refractivity contribution in [2.24, 2.45) is 4.99 Å². The van der Waals surface area contributed by atoms with Crippen LogP contribution in [0.25, 0.3) is 0 Å². The molecule has 2 aliphatic rings. The van der Waals surface area contributed by atoms with Crippen molar-refractivity contribution in [1.29, 1.82) is 0 Å². The molecule has 114 valence electrons. The molecule has 1 aliphatic carbocycles. The minimum atomic E-state index is -3.56. The van der Waals surface area contributed by atoms with Gasteiger partial charge in [0.2, 0.25) is 5.96 Å². The number of benzene rings is 1. The predicted octanol–water partition coefficient (Wildman–Crippen LogP) is 1.75. The SMILES string of the molecule is CN(C)c1ccc2c(c1)S(=O)(=O)NC(=NC1CCCC1)N2. The van der Waals surface area contributed by atoms with Crippen molar-refractivity contribution in [3.8, 4) is 0 Å². The maximum absolute atomic E-state index is 12.4. The molecule has 0 saturated heterocycles. The van der Waals surface area contributed by atoms with Gasteiger partial charge in [-0.05, 0) is 31.0 Å². The molecule has 0 atom stereocenters. The highest BCUT2D eigenvalue weighted by Crippen LogP contribution is 2.29. The fraction of sp³-hybridized carbons (Fsp3) is 0.500. The van der Waals surface area contributed by atoms with Crippen molar-refractivity contribution < 1.29 is 8.42 Å². The number of aliphatic imine (C=N–C) groups is 1. The molecular formula is C14H20N4O2S. The van der Waals surface area contributed by atoms with Crippen LogP contribution in [0.1, 0.15) is 25.7 Å². The van der Waals surface area contributed by atoms with E-state index < -0.39 is 10.0 Å². The quantitative estimate of drug-likeness (QED) is 0.873. The number of fused-ring (bicyclic) bond motifs is 1. The van der Waals surface area contributed by atoms with Crippen LogP contribution < -0.4 is 14.9 Å². The monoisotopic (exact) mass is 308 g/mol. The zero-order valence-corrected chi connectivity index (χ0v) is 13.1. The Morgan fingerprint density at radius 2 is 1.95 bits per heavy atom. The fourth-order valence-electron chi connectivity index (χ4n) is 2.72. The number of sulfonamides is 1. The van der Waals surface area contributed by atoms with Crippen LogP contribution in [0.2, 0.25) is 0 Å². The number of guanidine groups is 1. The molecule has 21 heavy (non-hydrogen) atoms. The van der Waals surface area contributed by atoms with Gasteiger partial charge in [0.15, 0.2) is 0 Å². The first-order valence-electron chi connectivity index (χ1n) is 7.15. The summed E-state index contributed by atoms with van der Waals surface area (Å²) in [6.45, 7) is 0. The number of nitrogens with one attached hydrogen (secondary N) is 2. The Bertz CT molecular complexity index is 676. The minimum Gasteiger partial charge on any atom is -0.378 e. The van der Waals surface area contributed by atoms with Gasteiger partial charge in [-0.25, -0.2) is 18.1 Å². The number of hydrogen-bond acceptors (Lipinski definition) is 4. The topological polar surface area (TPSA) is 73.8 Å². The van der Waals surface area contributed by atoms with E-state index >= 15 is 0 Å². The van der Waals surface area contributed by atoms with Crippen molar-refractivity contribution in [2.45, 2.75) is 36.6 Å². The van der Waals surface area contributed by atoms with E-state index in [9.17, 15) is 8.42 Å². The van der Waals surface area contributed by atoms with Crippen LogP contribution in [0.3, 0.4) is 0 Å². The summed E-state index contributed by atoms with van der Waals surface area (Å²) < 4.78 is 27.3. The smallest absolute Gasteiger partial charge is 0.266 e. The Labute approximate surface area is 125 Å². The van der Waals surface area contributed by atoms with Crippen LogP contribution in [0.15, 0.2) is 28.1 Å². The largest absolute Gasteiger partial charge is 0.378 e. The molecule has 0 radical (unpaired) electrons. The molecule has 1 saturated carbocycles. The van der Waals surface area contributed by atoms with E-state index in [1.165, 1.54) is 0 Å². The standard InChI is InChI=1S/C14H20N4O2S/c1-18(2)11-7-8-12-13(9-11)21(19,20)17-14(16-12)15-10-5-3-4-6-10/h7-10H,3-6H2,1-2H3,(H2,15,16,17). The van der Waals surface area contributed by atoms with Crippen LogP contribution in [0.4, 0.5) is 11.4 Å². The van der Waals surface area contributed by atoms with Gasteiger partial charge in [0.05, 0.1) is 11.7 Å². The second kappa shape index (κ2) is 5.22. The molecular weight excluding hydrogens is 288 g/mol. The second-order valence-electron chi connectivity index (χ2n) is 5.72. The lowest BCUT2D eigenvalue weighted by Gasteiger charge is -2.24. The zero-order valence-electron chi connectivity index (χ0n) is 12.3. The van der Waals surface area contributed by atoms with Gasteiger partial charge >= 0.3 is 0 Å². The molecule has 1 fully saturated rings. The Kier molecular flexibility index (Phi) is 3.52. The summed E-state index contributed by atoms with van der Waals surface area (Å²) in [6, 6.07) is 5.56. The second-order valence-corrected chi connectivity index (χ2v) is 7.37.